The minimum Gasteiger partial charge on any atom is -0.321 e. The molecule has 0 saturated carbocycles. The number of nitrogens with one attached hydrogen (secondary N) is 2. The fraction of sp³-hybridized carbons (Fsp3) is 0.267. The van der Waals surface area contributed by atoms with Gasteiger partial charge in [0.2, 0.25) is 5.91 Å². The second-order valence-electron chi connectivity index (χ2n) is 4.78. The Kier molecular flexibility index (Phi) is 5.49. The molecule has 1 aromatic heterocycles. The lowest BCUT2D eigenvalue weighted by Crippen LogP contribution is -2.20. The van der Waals surface area contributed by atoms with Crippen LogP contribution >= 0.6 is 11.8 Å². The Labute approximate surface area is 135 Å². The first-order valence-electron chi connectivity index (χ1n) is 6.80. The molecule has 1 aromatic carbocycles. The molecule has 1 amide bonds. The molecular weight excluding hydrogens is 324 g/mol. The molecule has 0 bridgehead atoms. The first kappa shape index (κ1) is 17.1. The molecule has 0 aliphatic heterocycles. The van der Waals surface area contributed by atoms with Crippen molar-refractivity contribution in [3.05, 3.63) is 51.4 Å². The van der Waals surface area contributed by atoms with Gasteiger partial charge in [-0.25, -0.2) is 13.8 Å². The monoisotopic (exact) mass is 339 g/mol. The molecule has 23 heavy (non-hydrogen) atoms. The van der Waals surface area contributed by atoms with Crippen molar-refractivity contribution in [1.82, 2.24) is 9.97 Å². The van der Waals surface area contributed by atoms with Gasteiger partial charge in [-0.3, -0.25) is 9.59 Å². The van der Waals surface area contributed by atoms with Crippen LogP contribution in [0.4, 0.5) is 14.5 Å². The zero-order valence-corrected chi connectivity index (χ0v) is 13.4. The summed E-state index contributed by atoms with van der Waals surface area (Å²) in [6.45, 7) is 1.68. The molecule has 0 atom stereocenters. The normalized spacial score (nSPS) is 10.6. The molecule has 0 spiro atoms. The van der Waals surface area contributed by atoms with Crippen LogP contribution in [0.2, 0.25) is 0 Å². The number of H-pyrrole nitrogens is 1. The van der Waals surface area contributed by atoms with Crippen LogP contribution < -0.4 is 10.9 Å². The van der Waals surface area contributed by atoms with Crippen molar-refractivity contribution in [2.75, 3.05) is 11.6 Å². The lowest BCUT2D eigenvalue weighted by molar-refractivity contribution is -0.116. The summed E-state index contributed by atoms with van der Waals surface area (Å²) in [5.41, 5.74) is 0.112. The Morgan fingerprint density at radius 2 is 2.00 bits per heavy atom. The van der Waals surface area contributed by atoms with Gasteiger partial charge in [-0.1, -0.05) is 17.8 Å². The van der Waals surface area contributed by atoms with E-state index in [1.54, 1.807) is 13.2 Å². The minimum atomic E-state index is -0.849. The predicted octanol–water partition coefficient (Wildman–Crippen LogP) is 2.65. The highest BCUT2D eigenvalue weighted by atomic mass is 32.2. The van der Waals surface area contributed by atoms with E-state index in [1.165, 1.54) is 17.8 Å². The number of benzene rings is 1. The highest BCUT2D eigenvalue weighted by Gasteiger charge is 2.14. The summed E-state index contributed by atoms with van der Waals surface area (Å²) in [5, 5.41) is 2.68. The molecule has 5 nitrogen and oxygen atoms in total. The van der Waals surface area contributed by atoms with Crippen molar-refractivity contribution >= 4 is 23.4 Å². The molecule has 0 radical (unpaired) electrons. The van der Waals surface area contributed by atoms with E-state index in [0.29, 0.717) is 16.4 Å². The molecule has 0 aliphatic carbocycles. The van der Waals surface area contributed by atoms with Crippen LogP contribution in [0.3, 0.4) is 0 Å². The number of hydrogen-bond donors (Lipinski definition) is 2. The summed E-state index contributed by atoms with van der Waals surface area (Å²) in [5.74, 6) is -2.28. The number of thioether (sulfide) groups is 1. The summed E-state index contributed by atoms with van der Waals surface area (Å²) in [4.78, 5) is 30.6. The maximum Gasteiger partial charge on any atom is 0.254 e. The predicted molar refractivity (Wildman–Crippen MR) is 84.7 cm³/mol. The maximum atomic E-state index is 13.5. The molecule has 2 rings (SSSR count). The van der Waals surface area contributed by atoms with Crippen LogP contribution in [-0.4, -0.2) is 22.1 Å². The van der Waals surface area contributed by atoms with Gasteiger partial charge in [-0.05, 0) is 31.7 Å². The van der Waals surface area contributed by atoms with Gasteiger partial charge in [0, 0.05) is 17.7 Å². The van der Waals surface area contributed by atoms with Crippen molar-refractivity contribution in [3.63, 3.8) is 0 Å². The number of halogens is 2. The van der Waals surface area contributed by atoms with Gasteiger partial charge < -0.3 is 10.3 Å². The van der Waals surface area contributed by atoms with Crippen molar-refractivity contribution in [1.29, 1.82) is 0 Å². The van der Waals surface area contributed by atoms with Crippen LogP contribution in [0.25, 0.3) is 0 Å². The van der Waals surface area contributed by atoms with Crippen LogP contribution in [0.15, 0.2) is 28.2 Å². The quantitative estimate of drug-likeness (QED) is 0.649. The smallest absolute Gasteiger partial charge is 0.254 e. The third kappa shape index (κ3) is 4.16. The van der Waals surface area contributed by atoms with E-state index in [2.05, 4.69) is 15.3 Å². The summed E-state index contributed by atoms with van der Waals surface area (Å²) in [6.07, 6.45) is 1.83. The average molecular weight is 339 g/mol. The summed E-state index contributed by atoms with van der Waals surface area (Å²) in [6, 6.07) is 3.32. The van der Waals surface area contributed by atoms with E-state index in [0.717, 1.165) is 12.1 Å². The highest BCUT2D eigenvalue weighted by Crippen LogP contribution is 2.18. The molecule has 0 unspecified atom stereocenters. The topological polar surface area (TPSA) is 74.8 Å². The number of nitrogens with zero attached hydrogens (tertiary/aromatic N) is 1. The minimum absolute atomic E-state index is 0.0853. The van der Waals surface area contributed by atoms with Gasteiger partial charge in [0.05, 0.1) is 0 Å². The Bertz CT molecular complexity index is 773. The zero-order chi connectivity index (χ0) is 17.0. The SMILES string of the molecule is CSc1nc(C)c(CCC(=O)Nc2c(F)cccc2F)c(=O)[nH]1. The standard InChI is InChI=1S/C15H15F2N3O2S/c1-8-9(14(22)20-15(18-8)23-2)6-7-12(21)19-13-10(16)4-3-5-11(13)17/h3-5H,6-7H2,1-2H3,(H,19,21)(H,18,20,22). The molecule has 1 heterocycles. The van der Waals surface area contributed by atoms with E-state index in [4.69, 9.17) is 0 Å². The molecule has 2 aromatic rings. The number of hydrogen-bond acceptors (Lipinski definition) is 4. The maximum absolute atomic E-state index is 13.5. The molecule has 122 valence electrons. The van der Waals surface area contributed by atoms with Gasteiger partial charge >= 0.3 is 0 Å². The summed E-state index contributed by atoms with van der Waals surface area (Å²) in [7, 11) is 0. The van der Waals surface area contributed by atoms with E-state index < -0.39 is 23.2 Å². The summed E-state index contributed by atoms with van der Waals surface area (Å²) >= 11 is 1.31. The van der Waals surface area contributed by atoms with Gasteiger partial charge in [-0.2, -0.15) is 0 Å². The van der Waals surface area contributed by atoms with Crippen molar-refractivity contribution in [2.45, 2.75) is 24.9 Å². The first-order chi connectivity index (χ1) is 10.9. The van der Waals surface area contributed by atoms with Gasteiger partial charge in [0.1, 0.15) is 17.3 Å². The lowest BCUT2D eigenvalue weighted by Gasteiger charge is -2.08. The number of anilines is 1. The first-order valence-corrected chi connectivity index (χ1v) is 8.02. The Morgan fingerprint density at radius 3 is 2.57 bits per heavy atom. The lowest BCUT2D eigenvalue weighted by atomic mass is 10.1. The van der Waals surface area contributed by atoms with E-state index >= 15 is 0 Å². The van der Waals surface area contributed by atoms with Crippen LogP contribution in [-0.2, 0) is 11.2 Å². The fourth-order valence-corrected chi connectivity index (χ4v) is 2.46. The van der Waals surface area contributed by atoms with Gasteiger partial charge in [0.15, 0.2) is 5.16 Å². The van der Waals surface area contributed by atoms with Crippen LogP contribution in [0.1, 0.15) is 17.7 Å². The van der Waals surface area contributed by atoms with Crippen LogP contribution in [0, 0.1) is 18.6 Å². The molecule has 0 fully saturated rings. The third-order valence-electron chi connectivity index (χ3n) is 3.22. The van der Waals surface area contributed by atoms with Crippen molar-refractivity contribution in [2.24, 2.45) is 0 Å². The molecular formula is C15H15F2N3O2S. The van der Waals surface area contributed by atoms with E-state index in [9.17, 15) is 18.4 Å². The number of amides is 1. The molecule has 0 saturated heterocycles. The Morgan fingerprint density at radius 1 is 1.35 bits per heavy atom. The second-order valence-corrected chi connectivity index (χ2v) is 5.58. The third-order valence-corrected chi connectivity index (χ3v) is 3.80. The highest BCUT2D eigenvalue weighted by molar-refractivity contribution is 7.98. The number of aromatic amines is 1. The van der Waals surface area contributed by atoms with Crippen LogP contribution in [0.5, 0.6) is 0 Å². The Balaban J connectivity index is 2.07. The second kappa shape index (κ2) is 7.36. The number of para-hydroxylation sites is 1. The molecule has 0 aliphatic rings. The Hall–Kier alpha value is -2.22. The van der Waals surface area contributed by atoms with E-state index in [-0.39, 0.29) is 18.4 Å². The fourth-order valence-electron chi connectivity index (χ4n) is 2.03. The number of carbonyl (C=O) groups is 1. The van der Waals surface area contributed by atoms with Crippen molar-refractivity contribution < 1.29 is 13.6 Å². The number of aromatic nitrogens is 2. The van der Waals surface area contributed by atoms with Crippen molar-refractivity contribution in [3.8, 4) is 0 Å². The average Bonchev–Trinajstić information content (AvgIpc) is 2.50. The number of aryl methyl sites for hydroxylation is 1. The van der Waals surface area contributed by atoms with E-state index in [1.807, 2.05) is 0 Å². The molecule has 8 heteroatoms. The zero-order valence-electron chi connectivity index (χ0n) is 12.6. The number of carbonyl (C=O) groups excluding carboxylic acids is 1. The largest absolute Gasteiger partial charge is 0.321 e. The molecule has 2 N–H and O–H groups in total. The van der Waals surface area contributed by atoms with Gasteiger partial charge in [0.25, 0.3) is 5.56 Å². The van der Waals surface area contributed by atoms with Gasteiger partial charge in [-0.15, -0.1) is 0 Å². The number of rotatable bonds is 5. The summed E-state index contributed by atoms with van der Waals surface area (Å²) < 4.78 is 26.9.